The SMILES string of the molecule is COc1ccc(/C=C/C(=O)c2ccc(-n3ccnc3)cc2)cc1CSc1nc(C(F)(F)F)cc(C)c1C#N. The number of hydrogen-bond acceptors (Lipinski definition) is 6. The van der Waals surface area contributed by atoms with Crippen LogP contribution in [0.2, 0.25) is 0 Å². The largest absolute Gasteiger partial charge is 0.496 e. The van der Waals surface area contributed by atoms with E-state index in [1.54, 1.807) is 48.9 Å². The number of nitriles is 1. The molecule has 192 valence electrons. The van der Waals surface area contributed by atoms with E-state index in [0.29, 0.717) is 22.4 Å². The fourth-order valence-corrected chi connectivity index (χ4v) is 4.70. The number of ether oxygens (including phenoxy) is 1. The Kier molecular flexibility index (Phi) is 7.98. The lowest BCUT2D eigenvalue weighted by molar-refractivity contribution is -0.141. The summed E-state index contributed by atoms with van der Waals surface area (Å²) in [6.07, 6.45) is 3.64. The quantitative estimate of drug-likeness (QED) is 0.143. The molecule has 10 heteroatoms. The van der Waals surface area contributed by atoms with Gasteiger partial charge in [0.2, 0.25) is 0 Å². The second-order valence-corrected chi connectivity index (χ2v) is 9.15. The van der Waals surface area contributed by atoms with Gasteiger partial charge in [0.05, 0.1) is 19.0 Å². The number of hydrogen-bond donors (Lipinski definition) is 0. The molecule has 0 aliphatic heterocycles. The summed E-state index contributed by atoms with van der Waals surface area (Å²) in [7, 11) is 1.49. The van der Waals surface area contributed by atoms with E-state index in [2.05, 4.69) is 9.97 Å². The lowest BCUT2D eigenvalue weighted by atomic mass is 10.1. The van der Waals surface area contributed by atoms with Crippen LogP contribution in [0.1, 0.15) is 38.3 Å². The molecule has 0 spiro atoms. The van der Waals surface area contributed by atoms with Crippen molar-refractivity contribution in [3.8, 4) is 17.5 Å². The summed E-state index contributed by atoms with van der Waals surface area (Å²) in [4.78, 5) is 20.4. The van der Waals surface area contributed by atoms with Gasteiger partial charge in [0.1, 0.15) is 22.5 Å². The zero-order valence-electron chi connectivity index (χ0n) is 20.4. The predicted molar refractivity (Wildman–Crippen MR) is 138 cm³/mol. The molecular formula is C28H21F3N4O2S. The molecule has 0 N–H and O–H groups in total. The van der Waals surface area contributed by atoms with Gasteiger partial charge in [-0.2, -0.15) is 18.4 Å². The lowest BCUT2D eigenvalue weighted by Gasteiger charge is -2.13. The average molecular weight is 535 g/mol. The van der Waals surface area contributed by atoms with E-state index in [4.69, 9.17) is 4.74 Å². The number of carbonyl (C=O) groups is 1. The first-order valence-electron chi connectivity index (χ1n) is 11.3. The van der Waals surface area contributed by atoms with Crippen LogP contribution >= 0.6 is 11.8 Å². The maximum atomic E-state index is 13.3. The Bertz CT molecular complexity index is 1520. The van der Waals surface area contributed by atoms with Crippen molar-refractivity contribution in [2.75, 3.05) is 7.11 Å². The standard InChI is InChI=1S/C28H21F3N4O2S/c1-18-13-26(28(29,30)31)34-27(23(18)15-32)38-16-21-14-19(4-10-25(21)37-2)3-9-24(36)20-5-7-22(8-6-20)35-12-11-33-17-35/h3-14,17H,16H2,1-2H3/b9-3+. The molecule has 6 nitrogen and oxygen atoms in total. The van der Waals surface area contributed by atoms with Crippen molar-refractivity contribution < 1.29 is 22.7 Å². The molecule has 0 atom stereocenters. The number of imidazole rings is 1. The number of halogens is 3. The number of rotatable bonds is 8. The zero-order valence-corrected chi connectivity index (χ0v) is 21.2. The number of ketones is 1. The zero-order chi connectivity index (χ0) is 27.3. The number of aromatic nitrogens is 3. The first-order chi connectivity index (χ1) is 18.2. The van der Waals surface area contributed by atoms with E-state index >= 15 is 0 Å². The van der Waals surface area contributed by atoms with Crippen LogP contribution in [0.3, 0.4) is 0 Å². The third-order valence-corrected chi connectivity index (χ3v) is 6.66. The Morgan fingerprint density at radius 1 is 1.18 bits per heavy atom. The van der Waals surface area contributed by atoms with Crippen molar-refractivity contribution in [2.24, 2.45) is 0 Å². The van der Waals surface area contributed by atoms with Crippen molar-refractivity contribution in [1.29, 1.82) is 5.26 Å². The minimum absolute atomic E-state index is 0.00265. The fourth-order valence-electron chi connectivity index (χ4n) is 3.67. The van der Waals surface area contributed by atoms with Gasteiger partial charge in [-0.15, -0.1) is 11.8 Å². The van der Waals surface area contributed by atoms with Crippen LogP contribution in [-0.4, -0.2) is 27.4 Å². The molecule has 4 aromatic rings. The summed E-state index contributed by atoms with van der Waals surface area (Å²) < 4.78 is 47.0. The van der Waals surface area contributed by atoms with Crippen LogP contribution in [0.15, 0.2) is 78.4 Å². The first-order valence-corrected chi connectivity index (χ1v) is 12.3. The number of benzene rings is 2. The van der Waals surface area contributed by atoms with Gasteiger partial charge in [0.15, 0.2) is 5.78 Å². The number of methoxy groups -OCH3 is 1. The molecule has 2 aromatic carbocycles. The average Bonchev–Trinajstić information content (AvgIpc) is 3.45. The molecule has 0 aliphatic rings. The first kappa shape index (κ1) is 26.7. The van der Waals surface area contributed by atoms with Crippen molar-refractivity contribution in [3.63, 3.8) is 0 Å². The van der Waals surface area contributed by atoms with E-state index in [-0.39, 0.29) is 27.7 Å². The maximum Gasteiger partial charge on any atom is 0.433 e. The number of thioether (sulfide) groups is 1. The van der Waals surface area contributed by atoms with Crippen molar-refractivity contribution >= 4 is 23.6 Å². The summed E-state index contributed by atoms with van der Waals surface area (Å²) in [6, 6.07) is 15.2. The molecule has 0 saturated carbocycles. The van der Waals surface area contributed by atoms with E-state index in [1.165, 1.54) is 20.1 Å². The highest BCUT2D eigenvalue weighted by molar-refractivity contribution is 7.98. The van der Waals surface area contributed by atoms with Crippen molar-refractivity contribution in [3.05, 3.63) is 107 Å². The van der Waals surface area contributed by atoms with E-state index < -0.39 is 11.9 Å². The smallest absolute Gasteiger partial charge is 0.433 e. The molecule has 4 rings (SSSR count). The minimum atomic E-state index is -4.62. The summed E-state index contributed by atoms with van der Waals surface area (Å²) in [5.74, 6) is 0.547. The van der Waals surface area contributed by atoms with Crippen molar-refractivity contribution in [1.82, 2.24) is 14.5 Å². The molecule has 38 heavy (non-hydrogen) atoms. The molecule has 0 aliphatic carbocycles. The van der Waals surface area contributed by atoms with Crippen LogP contribution in [0.25, 0.3) is 11.8 Å². The third kappa shape index (κ3) is 6.12. The van der Waals surface area contributed by atoms with Crippen LogP contribution in [0.5, 0.6) is 5.75 Å². The number of allylic oxidation sites excluding steroid dienone is 1. The Hall–Kier alpha value is -4.36. The van der Waals surface area contributed by atoms with Gasteiger partial charge in [-0.05, 0) is 66.6 Å². The molecule has 2 aromatic heterocycles. The fraction of sp³-hybridized carbons (Fsp3) is 0.143. The Morgan fingerprint density at radius 2 is 1.95 bits per heavy atom. The van der Waals surface area contributed by atoms with E-state index in [1.807, 2.05) is 29.0 Å². The number of carbonyl (C=O) groups excluding carboxylic acids is 1. The number of nitrogens with zero attached hydrogens (tertiary/aromatic N) is 4. The Balaban J connectivity index is 1.52. The topological polar surface area (TPSA) is 80.8 Å². The van der Waals surface area contributed by atoms with E-state index in [0.717, 1.165) is 23.5 Å². The van der Waals surface area contributed by atoms with Crippen LogP contribution in [0.4, 0.5) is 13.2 Å². The van der Waals surface area contributed by atoms with Crippen molar-refractivity contribution in [2.45, 2.75) is 23.9 Å². The second kappa shape index (κ2) is 11.4. The third-order valence-electron chi connectivity index (χ3n) is 5.64. The minimum Gasteiger partial charge on any atom is -0.496 e. The molecule has 0 fully saturated rings. The Labute approximate surface area is 221 Å². The molecule has 2 heterocycles. The van der Waals surface area contributed by atoms with Crippen LogP contribution < -0.4 is 4.74 Å². The molecule has 0 unspecified atom stereocenters. The molecule has 0 bridgehead atoms. The maximum absolute atomic E-state index is 13.3. The van der Waals surface area contributed by atoms with Crippen LogP contribution in [-0.2, 0) is 11.9 Å². The summed E-state index contributed by atoms with van der Waals surface area (Å²) in [5.41, 5.74) is 2.04. The molecular weight excluding hydrogens is 513 g/mol. The highest BCUT2D eigenvalue weighted by Gasteiger charge is 2.34. The monoisotopic (exact) mass is 534 g/mol. The highest BCUT2D eigenvalue weighted by Crippen LogP contribution is 2.35. The van der Waals surface area contributed by atoms with Gasteiger partial charge in [0, 0.05) is 35.0 Å². The van der Waals surface area contributed by atoms with Gasteiger partial charge in [-0.25, -0.2) is 9.97 Å². The van der Waals surface area contributed by atoms with Crippen LogP contribution in [0, 0.1) is 18.3 Å². The van der Waals surface area contributed by atoms with Gasteiger partial charge in [0.25, 0.3) is 0 Å². The molecule has 0 amide bonds. The highest BCUT2D eigenvalue weighted by atomic mass is 32.2. The number of alkyl halides is 3. The van der Waals surface area contributed by atoms with Gasteiger partial charge < -0.3 is 9.30 Å². The summed E-state index contributed by atoms with van der Waals surface area (Å²) >= 11 is 1.02. The normalized spacial score (nSPS) is 11.5. The van der Waals surface area contributed by atoms with Gasteiger partial charge in [-0.3, -0.25) is 4.79 Å². The number of aryl methyl sites for hydroxylation is 1. The second-order valence-electron chi connectivity index (χ2n) is 8.19. The summed E-state index contributed by atoms with van der Waals surface area (Å²) in [6.45, 7) is 1.45. The Morgan fingerprint density at radius 3 is 2.58 bits per heavy atom. The van der Waals surface area contributed by atoms with Gasteiger partial charge >= 0.3 is 6.18 Å². The lowest BCUT2D eigenvalue weighted by Crippen LogP contribution is -2.10. The summed E-state index contributed by atoms with van der Waals surface area (Å²) in [5, 5.41) is 9.46. The van der Waals surface area contributed by atoms with E-state index in [9.17, 15) is 23.2 Å². The molecule has 0 saturated heterocycles. The molecule has 0 radical (unpaired) electrons. The number of pyridine rings is 1. The predicted octanol–water partition coefficient (Wildman–Crippen LogP) is 6.66. The van der Waals surface area contributed by atoms with Gasteiger partial charge in [-0.1, -0.05) is 12.1 Å².